The number of benzene rings is 2. The topological polar surface area (TPSA) is 89.9 Å². The number of rotatable bonds is 8. The summed E-state index contributed by atoms with van der Waals surface area (Å²) in [5, 5.41) is 11.4. The van der Waals surface area contributed by atoms with Gasteiger partial charge in [0, 0.05) is 24.2 Å². The van der Waals surface area contributed by atoms with E-state index in [1.54, 1.807) is 13.3 Å². The Morgan fingerprint density at radius 2 is 1.94 bits per heavy atom. The molecule has 1 fully saturated rings. The minimum absolute atomic E-state index is 0. The molecule has 0 unspecified atom stereocenters. The third-order valence-corrected chi connectivity index (χ3v) is 5.62. The predicted octanol–water partition coefficient (Wildman–Crippen LogP) is -0.260. The van der Waals surface area contributed by atoms with Gasteiger partial charge in [0.15, 0.2) is 6.29 Å². The van der Waals surface area contributed by atoms with Gasteiger partial charge in [-0.3, -0.25) is 0 Å². The van der Waals surface area contributed by atoms with Gasteiger partial charge in [-0.15, -0.1) is 11.3 Å². The molecule has 4 rings (SSSR count). The van der Waals surface area contributed by atoms with Crippen molar-refractivity contribution in [1.29, 1.82) is 0 Å². The van der Waals surface area contributed by atoms with Crippen molar-refractivity contribution >= 4 is 17.3 Å². The summed E-state index contributed by atoms with van der Waals surface area (Å²) in [4.78, 5) is 15.9. The molecular weight excluding hydrogens is 413 g/mol. The molecule has 3 aromatic rings. The number of carboxylic acid groups (broad SMARTS) is 1. The maximum absolute atomic E-state index is 10.9. The van der Waals surface area contributed by atoms with Crippen molar-refractivity contribution in [2.75, 3.05) is 20.3 Å². The number of hydrogen-bond acceptors (Lipinski definition) is 8. The molecule has 31 heavy (non-hydrogen) atoms. The Kier molecular flexibility index (Phi) is 8.13. The molecule has 156 valence electrons. The number of carbonyl (C=O) groups excluding carboxylic acids is 1. The van der Waals surface area contributed by atoms with Crippen LogP contribution in [0.2, 0.25) is 0 Å². The van der Waals surface area contributed by atoms with E-state index in [9.17, 15) is 9.90 Å². The average molecular weight is 433 g/mol. The molecule has 0 saturated carbocycles. The molecule has 0 bridgehead atoms. The number of carbonyl (C=O) groups is 1. The van der Waals surface area contributed by atoms with Crippen LogP contribution in [0.5, 0.6) is 11.5 Å². The largest absolute Gasteiger partial charge is 1.00 e. The molecule has 0 atom stereocenters. The van der Waals surface area contributed by atoms with Crippen LogP contribution in [0, 0.1) is 0 Å². The van der Waals surface area contributed by atoms with Crippen LogP contribution in [0.3, 0.4) is 0 Å². The molecule has 1 aliphatic rings. The van der Waals surface area contributed by atoms with Gasteiger partial charge in [-0.05, 0) is 23.8 Å². The number of ether oxygens (including phenoxy) is 4. The van der Waals surface area contributed by atoms with Gasteiger partial charge in [-0.1, -0.05) is 24.3 Å². The summed E-state index contributed by atoms with van der Waals surface area (Å²) in [6.45, 7) is 1.36. The Morgan fingerprint density at radius 3 is 2.61 bits per heavy atom. The van der Waals surface area contributed by atoms with E-state index in [-0.39, 0.29) is 25.3 Å². The fourth-order valence-electron chi connectivity index (χ4n) is 3.18. The number of aromatic nitrogens is 1. The molecular formula is C22H20LiNO6S. The first-order chi connectivity index (χ1) is 14.6. The van der Waals surface area contributed by atoms with Crippen molar-refractivity contribution in [2.45, 2.75) is 19.3 Å². The summed E-state index contributed by atoms with van der Waals surface area (Å²) in [7, 11) is 1.63. The van der Waals surface area contributed by atoms with Gasteiger partial charge in [0.25, 0.3) is 0 Å². The number of methoxy groups -OCH3 is 1. The minimum atomic E-state index is -1.16. The molecule has 2 heterocycles. The molecule has 1 saturated heterocycles. The Labute approximate surface area is 196 Å². The smallest absolute Gasteiger partial charge is 0.550 e. The third-order valence-electron chi connectivity index (χ3n) is 4.59. The van der Waals surface area contributed by atoms with Crippen molar-refractivity contribution in [1.82, 2.24) is 4.98 Å². The zero-order valence-electron chi connectivity index (χ0n) is 17.3. The SMILES string of the molecule is COc1ccc(COc2cccc(-c3cnc(CC(=O)[O-])s3)c2C2OCCO2)cc1.[Li+]. The normalized spacial score (nSPS) is 13.6. The Bertz CT molecular complexity index is 1020. The number of nitrogens with zero attached hydrogens (tertiary/aromatic N) is 1. The maximum atomic E-state index is 10.9. The first kappa shape index (κ1) is 23.3. The molecule has 1 aliphatic heterocycles. The predicted molar refractivity (Wildman–Crippen MR) is 108 cm³/mol. The second kappa shape index (κ2) is 10.8. The van der Waals surface area contributed by atoms with Crippen LogP contribution < -0.4 is 33.4 Å². The van der Waals surface area contributed by atoms with Crippen LogP contribution in [0.1, 0.15) is 22.4 Å². The fraction of sp³-hybridized carbons (Fsp3) is 0.273. The second-order valence-corrected chi connectivity index (χ2v) is 7.71. The first-order valence-electron chi connectivity index (χ1n) is 9.41. The molecule has 1 aromatic heterocycles. The van der Waals surface area contributed by atoms with E-state index in [1.165, 1.54) is 11.3 Å². The summed E-state index contributed by atoms with van der Waals surface area (Å²) >= 11 is 1.30. The summed E-state index contributed by atoms with van der Waals surface area (Å²) in [5.74, 6) is 0.270. The van der Waals surface area contributed by atoms with E-state index in [0.29, 0.717) is 30.6 Å². The van der Waals surface area contributed by atoms with E-state index >= 15 is 0 Å². The zero-order chi connectivity index (χ0) is 20.9. The Balaban J connectivity index is 0.00000272. The fourth-order valence-corrected chi connectivity index (χ4v) is 4.12. The van der Waals surface area contributed by atoms with Gasteiger partial charge in [-0.25, -0.2) is 4.98 Å². The van der Waals surface area contributed by atoms with Gasteiger partial charge < -0.3 is 28.8 Å². The minimum Gasteiger partial charge on any atom is -0.550 e. The monoisotopic (exact) mass is 433 g/mol. The summed E-state index contributed by atoms with van der Waals surface area (Å²) in [6.07, 6.45) is 0.882. The number of thiazole rings is 1. The number of hydrogen-bond donors (Lipinski definition) is 0. The van der Waals surface area contributed by atoms with Crippen LogP contribution in [-0.2, 0) is 27.3 Å². The van der Waals surface area contributed by atoms with E-state index in [1.807, 2.05) is 42.5 Å². The van der Waals surface area contributed by atoms with Crippen molar-refractivity contribution in [3.8, 4) is 21.9 Å². The molecule has 0 spiro atoms. The summed E-state index contributed by atoms with van der Waals surface area (Å²) in [5.41, 5.74) is 2.61. The van der Waals surface area contributed by atoms with Crippen LogP contribution >= 0.6 is 11.3 Å². The summed E-state index contributed by atoms with van der Waals surface area (Å²) in [6, 6.07) is 13.3. The van der Waals surface area contributed by atoms with Crippen molar-refractivity contribution in [2.24, 2.45) is 0 Å². The van der Waals surface area contributed by atoms with Crippen LogP contribution in [0.25, 0.3) is 10.4 Å². The van der Waals surface area contributed by atoms with Crippen molar-refractivity contribution in [3.63, 3.8) is 0 Å². The second-order valence-electron chi connectivity index (χ2n) is 6.59. The molecule has 2 aromatic carbocycles. The molecule has 0 radical (unpaired) electrons. The zero-order valence-corrected chi connectivity index (χ0v) is 18.1. The van der Waals surface area contributed by atoms with Crippen LogP contribution in [0.15, 0.2) is 48.7 Å². The first-order valence-corrected chi connectivity index (χ1v) is 10.2. The van der Waals surface area contributed by atoms with Crippen molar-refractivity contribution < 1.29 is 47.7 Å². The van der Waals surface area contributed by atoms with Crippen LogP contribution in [0.4, 0.5) is 0 Å². The number of aliphatic carboxylic acids is 1. The third kappa shape index (κ3) is 5.67. The van der Waals surface area contributed by atoms with Gasteiger partial charge >= 0.3 is 18.9 Å². The molecule has 0 N–H and O–H groups in total. The molecule has 0 aliphatic carbocycles. The van der Waals surface area contributed by atoms with E-state index in [0.717, 1.165) is 27.3 Å². The Morgan fingerprint density at radius 1 is 1.19 bits per heavy atom. The molecule has 9 heteroatoms. The van der Waals surface area contributed by atoms with Gasteiger partial charge in [-0.2, -0.15) is 0 Å². The number of carboxylic acids is 1. The molecule has 0 amide bonds. The van der Waals surface area contributed by atoms with E-state index in [2.05, 4.69) is 4.98 Å². The van der Waals surface area contributed by atoms with Crippen LogP contribution in [-0.4, -0.2) is 31.3 Å². The standard InChI is InChI=1S/C22H21NO6S.Li/c1-26-15-7-5-14(6-8-15)13-29-17-4-2-3-16(21(17)22-27-9-10-28-22)18-12-23-19(30-18)11-20(24)25;/h2-8,12,22H,9-11,13H2,1H3,(H,24,25);/q;+1/p-1. The average Bonchev–Trinajstić information content (AvgIpc) is 3.44. The molecule has 7 nitrogen and oxygen atoms in total. The van der Waals surface area contributed by atoms with Gasteiger partial charge in [0.2, 0.25) is 0 Å². The maximum Gasteiger partial charge on any atom is 1.00 e. The van der Waals surface area contributed by atoms with E-state index in [4.69, 9.17) is 18.9 Å². The van der Waals surface area contributed by atoms with Gasteiger partial charge in [0.05, 0.1) is 35.8 Å². The Hall–Kier alpha value is -2.34. The quantitative estimate of drug-likeness (QED) is 0.452. The van der Waals surface area contributed by atoms with E-state index < -0.39 is 12.3 Å². The van der Waals surface area contributed by atoms with Crippen molar-refractivity contribution in [3.05, 3.63) is 64.8 Å². The summed E-state index contributed by atoms with van der Waals surface area (Å²) < 4.78 is 22.8. The van der Waals surface area contributed by atoms with Gasteiger partial charge in [0.1, 0.15) is 18.1 Å².